The maximum atomic E-state index is 12.3. The van der Waals surface area contributed by atoms with Crippen molar-refractivity contribution < 1.29 is 9.59 Å². The second-order valence-corrected chi connectivity index (χ2v) is 6.13. The van der Waals surface area contributed by atoms with Crippen molar-refractivity contribution >= 4 is 33.2 Å². The fraction of sp³-hybridized carbons (Fsp3) is 0.111. The Hall–Kier alpha value is -2.66. The van der Waals surface area contributed by atoms with Crippen LogP contribution in [0.4, 0.5) is 0 Å². The average Bonchev–Trinajstić information content (AvgIpc) is 2.99. The number of nitrogens with one attached hydrogen (secondary N) is 1. The van der Waals surface area contributed by atoms with Crippen LogP contribution in [0, 0.1) is 0 Å². The van der Waals surface area contributed by atoms with Crippen molar-refractivity contribution in [3.63, 3.8) is 0 Å². The van der Waals surface area contributed by atoms with E-state index in [4.69, 9.17) is 5.73 Å². The number of primary amides is 1. The average molecular weight is 324 g/mol. The maximum Gasteiger partial charge on any atom is 0.252 e. The minimum atomic E-state index is -0.444. The lowest BCUT2D eigenvalue weighted by Crippen LogP contribution is -2.25. The molecule has 2 aromatic carbocycles. The van der Waals surface area contributed by atoms with Crippen LogP contribution in [0.15, 0.2) is 53.9 Å². The van der Waals surface area contributed by atoms with Gasteiger partial charge in [0.15, 0.2) is 0 Å². The molecular weight excluding hydrogens is 308 g/mol. The summed E-state index contributed by atoms with van der Waals surface area (Å²) in [7, 11) is 0. The number of hydrogen-bond donors (Lipinski definition) is 2. The van der Waals surface area contributed by atoms with E-state index in [1.54, 1.807) is 29.5 Å². The monoisotopic (exact) mass is 324 g/mol. The lowest BCUT2D eigenvalue weighted by molar-refractivity contribution is 0.0954. The van der Waals surface area contributed by atoms with Gasteiger partial charge in [0, 0.05) is 27.6 Å². The number of benzene rings is 2. The first-order chi connectivity index (χ1) is 11.1. The van der Waals surface area contributed by atoms with Gasteiger partial charge in [0.1, 0.15) is 0 Å². The Bertz CT molecular complexity index is 870. The fourth-order valence-electron chi connectivity index (χ4n) is 2.45. The van der Waals surface area contributed by atoms with E-state index in [9.17, 15) is 9.59 Å². The maximum absolute atomic E-state index is 12.3. The van der Waals surface area contributed by atoms with E-state index < -0.39 is 5.91 Å². The summed E-state index contributed by atoms with van der Waals surface area (Å²) in [5, 5.41) is 5.79. The number of fused-ring (bicyclic) bond motifs is 1. The number of carbonyl (C=O) groups excluding carboxylic acids is 2. The molecule has 3 rings (SSSR count). The second-order valence-electron chi connectivity index (χ2n) is 5.22. The van der Waals surface area contributed by atoms with Crippen LogP contribution in [0.1, 0.15) is 26.3 Å². The largest absolute Gasteiger partial charge is 0.366 e. The van der Waals surface area contributed by atoms with E-state index in [1.165, 1.54) is 0 Å². The van der Waals surface area contributed by atoms with Crippen LogP contribution in [0.3, 0.4) is 0 Å². The molecule has 0 unspecified atom stereocenters. The molecule has 2 amide bonds. The number of amides is 2. The summed E-state index contributed by atoms with van der Waals surface area (Å²) in [5.74, 6) is -0.519. The molecule has 0 aliphatic carbocycles. The Morgan fingerprint density at radius 3 is 2.74 bits per heavy atom. The van der Waals surface area contributed by atoms with E-state index >= 15 is 0 Å². The van der Waals surface area contributed by atoms with E-state index in [-0.39, 0.29) is 5.91 Å². The summed E-state index contributed by atoms with van der Waals surface area (Å²) in [5.41, 5.74) is 7.43. The summed E-state index contributed by atoms with van der Waals surface area (Å²) in [6.07, 6.45) is 0.648. The minimum absolute atomic E-state index is 0.0755. The van der Waals surface area contributed by atoms with Crippen LogP contribution in [0.2, 0.25) is 0 Å². The molecule has 3 N–H and O–H groups in total. The normalized spacial score (nSPS) is 10.6. The van der Waals surface area contributed by atoms with E-state index in [2.05, 4.69) is 5.32 Å². The Kier molecular flexibility index (Phi) is 4.39. The van der Waals surface area contributed by atoms with E-state index in [0.717, 1.165) is 15.6 Å². The number of hydrogen-bond acceptors (Lipinski definition) is 3. The van der Waals surface area contributed by atoms with Crippen LogP contribution < -0.4 is 11.1 Å². The zero-order valence-electron chi connectivity index (χ0n) is 12.4. The third kappa shape index (κ3) is 3.40. The van der Waals surface area contributed by atoms with E-state index in [1.807, 2.05) is 35.7 Å². The van der Waals surface area contributed by atoms with Gasteiger partial charge in [0.2, 0.25) is 5.91 Å². The van der Waals surface area contributed by atoms with Gasteiger partial charge in [-0.15, -0.1) is 11.3 Å². The standard InChI is InChI=1S/C18H16N2O2S/c19-17(21)13-5-3-4-12(10-13)8-9-20-18(22)15-11-23-16-7-2-1-6-14(15)16/h1-7,10-11H,8-9H2,(H2,19,21)(H,20,22). The Morgan fingerprint density at radius 2 is 1.91 bits per heavy atom. The van der Waals surface area contributed by atoms with E-state index in [0.29, 0.717) is 24.1 Å². The summed E-state index contributed by atoms with van der Waals surface area (Å²) < 4.78 is 1.10. The molecule has 0 saturated carbocycles. The van der Waals surface area contributed by atoms with Gasteiger partial charge in [0.05, 0.1) is 5.56 Å². The first kappa shape index (κ1) is 15.2. The van der Waals surface area contributed by atoms with Crippen molar-refractivity contribution in [1.29, 1.82) is 0 Å². The lowest BCUT2D eigenvalue weighted by Gasteiger charge is -2.06. The van der Waals surface area contributed by atoms with Gasteiger partial charge in [-0.05, 0) is 30.2 Å². The lowest BCUT2D eigenvalue weighted by atomic mass is 10.1. The first-order valence-corrected chi connectivity index (χ1v) is 8.16. The molecule has 1 heterocycles. The topological polar surface area (TPSA) is 72.2 Å². The highest BCUT2D eigenvalue weighted by Crippen LogP contribution is 2.25. The molecule has 0 atom stereocenters. The van der Waals surface area contributed by atoms with Crippen LogP contribution in [-0.4, -0.2) is 18.4 Å². The van der Waals surface area contributed by atoms with Crippen molar-refractivity contribution in [2.75, 3.05) is 6.54 Å². The predicted molar refractivity (Wildman–Crippen MR) is 92.8 cm³/mol. The fourth-order valence-corrected chi connectivity index (χ4v) is 3.39. The summed E-state index contributed by atoms with van der Waals surface area (Å²) in [6, 6.07) is 15.0. The zero-order valence-corrected chi connectivity index (χ0v) is 13.2. The number of carbonyl (C=O) groups is 2. The van der Waals surface area contributed by atoms with Crippen molar-refractivity contribution in [3.05, 3.63) is 70.6 Å². The van der Waals surface area contributed by atoms with Gasteiger partial charge in [-0.25, -0.2) is 0 Å². The van der Waals surface area contributed by atoms with Crippen molar-refractivity contribution in [2.45, 2.75) is 6.42 Å². The molecule has 3 aromatic rings. The highest BCUT2D eigenvalue weighted by Gasteiger charge is 2.11. The molecule has 0 aliphatic heterocycles. The molecule has 0 saturated heterocycles. The van der Waals surface area contributed by atoms with Crippen molar-refractivity contribution in [2.24, 2.45) is 5.73 Å². The second kappa shape index (κ2) is 6.62. The molecule has 4 nitrogen and oxygen atoms in total. The Morgan fingerprint density at radius 1 is 1.09 bits per heavy atom. The SMILES string of the molecule is NC(=O)c1cccc(CCNC(=O)c2csc3ccccc23)c1. The Balaban J connectivity index is 1.63. The number of nitrogens with two attached hydrogens (primary N) is 1. The van der Waals surface area contributed by atoms with Crippen LogP contribution in [-0.2, 0) is 6.42 Å². The molecule has 116 valence electrons. The highest BCUT2D eigenvalue weighted by molar-refractivity contribution is 7.17. The van der Waals surface area contributed by atoms with Gasteiger partial charge in [-0.3, -0.25) is 9.59 Å². The summed E-state index contributed by atoms with van der Waals surface area (Å²) in [4.78, 5) is 23.5. The van der Waals surface area contributed by atoms with Crippen LogP contribution >= 0.6 is 11.3 Å². The highest BCUT2D eigenvalue weighted by atomic mass is 32.1. The van der Waals surface area contributed by atoms with Gasteiger partial charge in [0.25, 0.3) is 5.91 Å². The number of thiophene rings is 1. The molecule has 0 radical (unpaired) electrons. The van der Waals surface area contributed by atoms with Crippen molar-refractivity contribution in [3.8, 4) is 0 Å². The van der Waals surface area contributed by atoms with Gasteiger partial charge in [-0.1, -0.05) is 30.3 Å². The molecule has 0 fully saturated rings. The molecular formula is C18H16N2O2S. The van der Waals surface area contributed by atoms with Crippen LogP contribution in [0.25, 0.3) is 10.1 Å². The van der Waals surface area contributed by atoms with Crippen molar-refractivity contribution in [1.82, 2.24) is 5.32 Å². The number of rotatable bonds is 5. The summed E-state index contributed by atoms with van der Waals surface area (Å²) >= 11 is 1.57. The third-order valence-electron chi connectivity index (χ3n) is 3.64. The van der Waals surface area contributed by atoms with Gasteiger partial charge < -0.3 is 11.1 Å². The van der Waals surface area contributed by atoms with Gasteiger partial charge >= 0.3 is 0 Å². The zero-order chi connectivity index (χ0) is 16.2. The third-order valence-corrected chi connectivity index (χ3v) is 4.60. The molecule has 23 heavy (non-hydrogen) atoms. The predicted octanol–water partition coefficient (Wildman–Crippen LogP) is 2.97. The Labute approximate surface area is 137 Å². The van der Waals surface area contributed by atoms with Gasteiger partial charge in [-0.2, -0.15) is 0 Å². The molecule has 0 aliphatic rings. The smallest absolute Gasteiger partial charge is 0.252 e. The quantitative estimate of drug-likeness (QED) is 0.757. The molecule has 1 aromatic heterocycles. The first-order valence-electron chi connectivity index (χ1n) is 7.28. The van der Waals surface area contributed by atoms with Crippen LogP contribution in [0.5, 0.6) is 0 Å². The molecule has 5 heteroatoms. The molecule has 0 bridgehead atoms. The minimum Gasteiger partial charge on any atom is -0.366 e. The molecule has 0 spiro atoms. The summed E-state index contributed by atoms with van der Waals surface area (Å²) in [6.45, 7) is 0.505.